The maximum Gasteiger partial charge on any atom is 0.281 e. The highest BCUT2D eigenvalue weighted by Gasteiger charge is 2.32. The first-order chi connectivity index (χ1) is 14.1. The average molecular weight is 460 g/mol. The van der Waals surface area contributed by atoms with Crippen LogP contribution in [-0.2, 0) is 0 Å². The lowest BCUT2D eigenvalue weighted by atomic mass is 10.1. The summed E-state index contributed by atoms with van der Waals surface area (Å²) in [4.78, 5) is 17.9. The maximum atomic E-state index is 14.3. The second-order valence-electron chi connectivity index (χ2n) is 6.58. The van der Waals surface area contributed by atoms with Gasteiger partial charge in [-0.1, -0.05) is 29.3 Å². The van der Waals surface area contributed by atoms with E-state index in [1.54, 1.807) is 13.8 Å². The zero-order chi connectivity index (χ0) is 22.2. The number of carbonyl (C=O) groups is 1. The van der Waals surface area contributed by atoms with Gasteiger partial charge >= 0.3 is 0 Å². The fourth-order valence-corrected chi connectivity index (χ4v) is 3.62. The summed E-state index contributed by atoms with van der Waals surface area (Å²) in [6, 6.07) is 6.44. The first kappa shape index (κ1) is 22.1. The van der Waals surface area contributed by atoms with Crippen molar-refractivity contribution in [2.45, 2.75) is 26.3 Å². The van der Waals surface area contributed by atoms with Gasteiger partial charge in [-0.25, -0.2) is 22.5 Å². The number of carbonyl (C=O) groups excluding carboxylic acids is 1. The van der Waals surface area contributed by atoms with Gasteiger partial charge in [-0.15, -0.1) is 0 Å². The molecule has 0 fully saturated rings. The number of para-hydroxylation sites is 1. The summed E-state index contributed by atoms with van der Waals surface area (Å²) in [6.07, 6.45) is -2.12. The number of anilines is 1. The largest absolute Gasteiger partial charge is 0.302 e. The van der Waals surface area contributed by atoms with Crippen molar-refractivity contribution in [1.82, 2.24) is 9.55 Å². The summed E-state index contributed by atoms with van der Waals surface area (Å²) in [5.41, 5.74) is -1.57. The molecule has 0 unspecified atom stereocenters. The molecule has 1 heterocycles. The second-order valence-corrected chi connectivity index (χ2v) is 7.40. The summed E-state index contributed by atoms with van der Waals surface area (Å²) >= 11 is 12.2. The number of aromatic nitrogens is 2. The number of benzene rings is 2. The normalized spacial score (nSPS) is 11.4. The minimum absolute atomic E-state index is 0.0340. The monoisotopic (exact) mass is 459 g/mol. The minimum atomic E-state index is -3.12. The quantitative estimate of drug-likeness (QED) is 0.411. The second kappa shape index (κ2) is 8.65. The molecule has 158 valence electrons. The molecule has 0 spiro atoms. The number of imidazole rings is 1. The number of nitrogens with zero attached hydrogens (tertiary/aromatic N) is 3. The predicted molar refractivity (Wildman–Crippen MR) is 107 cm³/mol. The van der Waals surface area contributed by atoms with Gasteiger partial charge in [-0.2, -0.15) is 0 Å². The third-order valence-electron chi connectivity index (χ3n) is 4.30. The van der Waals surface area contributed by atoms with E-state index in [0.717, 1.165) is 27.9 Å². The average Bonchev–Trinajstić information content (AvgIpc) is 3.08. The molecule has 0 bridgehead atoms. The summed E-state index contributed by atoms with van der Waals surface area (Å²) in [7, 11) is 0. The highest BCUT2D eigenvalue weighted by atomic mass is 35.5. The Labute approximate surface area is 179 Å². The molecule has 10 heteroatoms. The van der Waals surface area contributed by atoms with Crippen molar-refractivity contribution >= 4 is 34.8 Å². The van der Waals surface area contributed by atoms with Crippen LogP contribution in [0.25, 0.3) is 5.69 Å². The zero-order valence-corrected chi connectivity index (χ0v) is 17.2. The van der Waals surface area contributed by atoms with Gasteiger partial charge in [0.05, 0.1) is 21.4 Å². The summed E-state index contributed by atoms with van der Waals surface area (Å²) < 4.78 is 56.5. The number of rotatable bonds is 5. The molecular formula is C20H15Cl2F4N3O. The molecule has 0 saturated carbocycles. The maximum absolute atomic E-state index is 14.3. The van der Waals surface area contributed by atoms with Crippen LogP contribution in [0.1, 0.15) is 36.5 Å². The third kappa shape index (κ3) is 4.02. The van der Waals surface area contributed by atoms with Crippen LogP contribution in [0.4, 0.5) is 23.2 Å². The first-order valence-electron chi connectivity index (χ1n) is 8.71. The van der Waals surface area contributed by atoms with Gasteiger partial charge < -0.3 is 4.90 Å². The number of alkyl halides is 2. The molecule has 2 aromatic carbocycles. The molecule has 0 aliphatic heterocycles. The third-order valence-corrected chi connectivity index (χ3v) is 4.91. The van der Waals surface area contributed by atoms with Gasteiger partial charge in [-0.05, 0) is 38.1 Å². The van der Waals surface area contributed by atoms with Crippen LogP contribution in [0.15, 0.2) is 42.7 Å². The van der Waals surface area contributed by atoms with Gasteiger partial charge in [0, 0.05) is 12.1 Å². The Kier molecular flexibility index (Phi) is 6.38. The van der Waals surface area contributed by atoms with E-state index < -0.39 is 41.4 Å². The van der Waals surface area contributed by atoms with Crippen molar-refractivity contribution in [3.05, 3.63) is 75.8 Å². The lowest BCUT2D eigenvalue weighted by Gasteiger charge is -2.27. The van der Waals surface area contributed by atoms with Gasteiger partial charge in [0.25, 0.3) is 12.3 Å². The molecule has 0 radical (unpaired) electrons. The van der Waals surface area contributed by atoms with Crippen LogP contribution in [0.5, 0.6) is 0 Å². The number of hydrogen-bond acceptors (Lipinski definition) is 2. The topological polar surface area (TPSA) is 38.1 Å². The molecule has 0 saturated heterocycles. The van der Waals surface area contributed by atoms with Crippen molar-refractivity contribution in [2.24, 2.45) is 0 Å². The number of halogens is 6. The van der Waals surface area contributed by atoms with Crippen molar-refractivity contribution in [1.29, 1.82) is 0 Å². The van der Waals surface area contributed by atoms with Gasteiger partial charge in [0.15, 0.2) is 5.69 Å². The van der Waals surface area contributed by atoms with E-state index in [1.807, 2.05) is 0 Å². The fourth-order valence-electron chi connectivity index (χ4n) is 3.04. The Morgan fingerprint density at radius 2 is 1.73 bits per heavy atom. The molecule has 3 aromatic rings. The predicted octanol–water partition coefficient (Wildman–Crippen LogP) is 6.45. The van der Waals surface area contributed by atoms with Crippen LogP contribution >= 0.6 is 23.2 Å². The van der Waals surface area contributed by atoms with Gasteiger partial charge in [0.1, 0.15) is 23.7 Å². The van der Waals surface area contributed by atoms with Crippen molar-refractivity contribution in [3.8, 4) is 5.69 Å². The van der Waals surface area contributed by atoms with E-state index in [-0.39, 0.29) is 21.4 Å². The Balaban J connectivity index is 2.17. The smallest absolute Gasteiger partial charge is 0.281 e. The SMILES string of the molecule is CC(C)N(C(=O)c1ncn(-c2c(Cl)cccc2Cl)c1C(F)F)c1ccc(F)cc1F. The zero-order valence-electron chi connectivity index (χ0n) is 15.7. The Hall–Kier alpha value is -2.58. The summed E-state index contributed by atoms with van der Waals surface area (Å²) in [5, 5.41) is 0.150. The highest BCUT2D eigenvalue weighted by Crippen LogP contribution is 2.34. The Morgan fingerprint density at radius 1 is 1.10 bits per heavy atom. The lowest BCUT2D eigenvalue weighted by Crippen LogP contribution is -2.38. The van der Waals surface area contributed by atoms with Crippen molar-refractivity contribution < 1.29 is 22.4 Å². The summed E-state index contributed by atoms with van der Waals surface area (Å²) in [5.74, 6) is -2.82. The molecule has 30 heavy (non-hydrogen) atoms. The van der Waals surface area contributed by atoms with Crippen LogP contribution in [0, 0.1) is 11.6 Å². The van der Waals surface area contributed by atoms with Crippen LogP contribution in [0.2, 0.25) is 10.0 Å². The molecule has 0 atom stereocenters. The van der Waals surface area contributed by atoms with Crippen molar-refractivity contribution in [2.75, 3.05) is 4.90 Å². The van der Waals surface area contributed by atoms with Gasteiger partial charge in [-0.3, -0.25) is 9.36 Å². The van der Waals surface area contributed by atoms with Crippen LogP contribution in [-0.4, -0.2) is 21.5 Å². The molecule has 1 aromatic heterocycles. The fraction of sp³-hybridized carbons (Fsp3) is 0.200. The van der Waals surface area contributed by atoms with Crippen molar-refractivity contribution in [3.63, 3.8) is 0 Å². The molecule has 4 nitrogen and oxygen atoms in total. The minimum Gasteiger partial charge on any atom is -0.302 e. The van der Waals surface area contributed by atoms with E-state index in [1.165, 1.54) is 18.2 Å². The first-order valence-corrected chi connectivity index (χ1v) is 9.47. The van der Waals surface area contributed by atoms with E-state index in [0.29, 0.717) is 6.07 Å². The van der Waals surface area contributed by atoms with Crippen LogP contribution in [0.3, 0.4) is 0 Å². The molecule has 0 aliphatic carbocycles. The Bertz CT molecular complexity index is 1080. The van der Waals surface area contributed by atoms with E-state index >= 15 is 0 Å². The van der Waals surface area contributed by atoms with E-state index in [2.05, 4.69) is 4.98 Å². The lowest BCUT2D eigenvalue weighted by molar-refractivity contribution is 0.0957. The molecular weight excluding hydrogens is 445 g/mol. The molecule has 0 aliphatic rings. The molecule has 1 amide bonds. The Morgan fingerprint density at radius 3 is 2.27 bits per heavy atom. The molecule has 0 N–H and O–H groups in total. The van der Waals surface area contributed by atoms with E-state index in [9.17, 15) is 22.4 Å². The van der Waals surface area contributed by atoms with Crippen LogP contribution < -0.4 is 4.90 Å². The highest BCUT2D eigenvalue weighted by molar-refractivity contribution is 6.37. The summed E-state index contributed by atoms with van der Waals surface area (Å²) in [6.45, 7) is 3.12. The van der Waals surface area contributed by atoms with E-state index in [4.69, 9.17) is 23.2 Å². The number of hydrogen-bond donors (Lipinski definition) is 0. The molecule has 3 rings (SSSR count). The van der Waals surface area contributed by atoms with Gasteiger partial charge in [0.2, 0.25) is 0 Å². The number of amides is 1. The standard InChI is InChI=1S/C20H15Cl2F4N3O/c1-10(2)29(15-7-6-11(23)8-14(15)24)20(30)16-18(19(25)26)28(9-27-16)17-12(21)4-3-5-13(17)22/h3-10,19H,1-2H3.